The monoisotopic (exact) mass is 292 g/mol. The second kappa shape index (κ2) is 5.91. The fourth-order valence-electron chi connectivity index (χ4n) is 4.66. The van der Waals surface area contributed by atoms with Crippen molar-refractivity contribution in [1.82, 2.24) is 9.80 Å². The van der Waals surface area contributed by atoms with Gasteiger partial charge in [0.25, 0.3) is 0 Å². The van der Waals surface area contributed by atoms with Crippen LogP contribution in [0.5, 0.6) is 0 Å². The van der Waals surface area contributed by atoms with Crippen LogP contribution in [-0.4, -0.2) is 47.9 Å². The number of amides is 1. The molecule has 1 saturated carbocycles. The number of carbonyl (C=O) groups excluding carboxylic acids is 1. The summed E-state index contributed by atoms with van der Waals surface area (Å²) in [5.74, 6) is 1.58. The van der Waals surface area contributed by atoms with Gasteiger partial charge < -0.3 is 4.90 Å². The summed E-state index contributed by atoms with van der Waals surface area (Å²) in [7, 11) is 0. The predicted molar refractivity (Wildman–Crippen MR) is 86.1 cm³/mol. The van der Waals surface area contributed by atoms with E-state index in [0.717, 1.165) is 38.4 Å². The maximum absolute atomic E-state index is 12.8. The molecule has 3 heteroatoms. The minimum Gasteiger partial charge on any atom is -0.340 e. The molecule has 1 amide bonds. The van der Waals surface area contributed by atoms with Crippen molar-refractivity contribution in [1.29, 1.82) is 0 Å². The van der Waals surface area contributed by atoms with Gasteiger partial charge in [-0.1, -0.05) is 20.8 Å². The lowest BCUT2D eigenvalue weighted by atomic mass is 9.69. The molecule has 1 aliphatic carbocycles. The van der Waals surface area contributed by atoms with Crippen LogP contribution in [0, 0.1) is 17.3 Å². The zero-order valence-corrected chi connectivity index (χ0v) is 14.1. The minimum absolute atomic E-state index is 0.316. The highest BCUT2D eigenvalue weighted by Gasteiger charge is 2.37. The second-order valence-electron chi connectivity index (χ2n) is 8.53. The minimum atomic E-state index is 0.316. The summed E-state index contributed by atoms with van der Waals surface area (Å²) in [6, 6.07) is 0.661. The molecule has 0 unspecified atom stereocenters. The lowest BCUT2D eigenvalue weighted by Crippen LogP contribution is -2.53. The molecule has 2 heterocycles. The summed E-state index contributed by atoms with van der Waals surface area (Å²) < 4.78 is 0. The summed E-state index contributed by atoms with van der Waals surface area (Å²) in [6.07, 6.45) is 7.33. The van der Waals surface area contributed by atoms with Gasteiger partial charge in [-0.15, -0.1) is 0 Å². The molecule has 1 atom stereocenters. The number of hydrogen-bond acceptors (Lipinski definition) is 2. The molecule has 3 rings (SSSR count). The molecular weight excluding hydrogens is 260 g/mol. The van der Waals surface area contributed by atoms with Crippen molar-refractivity contribution in [3.8, 4) is 0 Å². The van der Waals surface area contributed by atoms with Crippen molar-refractivity contribution < 1.29 is 4.79 Å². The highest BCUT2D eigenvalue weighted by molar-refractivity contribution is 5.79. The fourth-order valence-corrected chi connectivity index (χ4v) is 4.66. The zero-order valence-electron chi connectivity index (χ0n) is 14.1. The van der Waals surface area contributed by atoms with E-state index < -0.39 is 0 Å². The summed E-state index contributed by atoms with van der Waals surface area (Å²) in [4.78, 5) is 17.6. The number of rotatable bonds is 1. The van der Waals surface area contributed by atoms with E-state index in [0.29, 0.717) is 23.3 Å². The smallest absolute Gasteiger partial charge is 0.225 e. The SMILES string of the molecule is CC(C)(C)C1CCC(C(=O)N2CCN3CCC[C@H]3C2)CC1. The maximum Gasteiger partial charge on any atom is 0.225 e. The van der Waals surface area contributed by atoms with Gasteiger partial charge in [0.15, 0.2) is 0 Å². The van der Waals surface area contributed by atoms with E-state index in [1.165, 1.54) is 32.2 Å². The maximum atomic E-state index is 12.8. The molecule has 2 saturated heterocycles. The normalized spacial score (nSPS) is 34.8. The van der Waals surface area contributed by atoms with Crippen molar-refractivity contribution in [2.24, 2.45) is 17.3 Å². The summed E-state index contributed by atoms with van der Waals surface area (Å²) >= 11 is 0. The third kappa shape index (κ3) is 3.28. The second-order valence-corrected chi connectivity index (χ2v) is 8.53. The van der Waals surface area contributed by atoms with Crippen molar-refractivity contribution in [2.75, 3.05) is 26.2 Å². The van der Waals surface area contributed by atoms with Gasteiger partial charge in [0.05, 0.1) is 0 Å². The molecule has 0 aromatic carbocycles. The van der Waals surface area contributed by atoms with E-state index >= 15 is 0 Å². The molecule has 0 spiro atoms. The quantitative estimate of drug-likeness (QED) is 0.741. The van der Waals surface area contributed by atoms with Crippen molar-refractivity contribution in [3.05, 3.63) is 0 Å². The average Bonchev–Trinajstić information content (AvgIpc) is 2.93. The highest BCUT2D eigenvalue weighted by atomic mass is 16.2. The Kier molecular flexibility index (Phi) is 4.31. The summed E-state index contributed by atoms with van der Waals surface area (Å²) in [5.41, 5.74) is 0.406. The molecule has 21 heavy (non-hydrogen) atoms. The van der Waals surface area contributed by atoms with Crippen LogP contribution in [0.1, 0.15) is 59.3 Å². The van der Waals surface area contributed by atoms with Gasteiger partial charge in [-0.3, -0.25) is 9.69 Å². The van der Waals surface area contributed by atoms with Crippen LogP contribution in [0.3, 0.4) is 0 Å². The Morgan fingerprint density at radius 2 is 1.67 bits per heavy atom. The Balaban J connectivity index is 1.52. The Morgan fingerprint density at radius 3 is 2.33 bits per heavy atom. The third-order valence-electron chi connectivity index (χ3n) is 6.20. The molecule has 0 aromatic heterocycles. The van der Waals surface area contributed by atoms with Crippen LogP contribution in [0.2, 0.25) is 0 Å². The molecule has 3 nitrogen and oxygen atoms in total. The van der Waals surface area contributed by atoms with Gasteiger partial charge in [-0.2, -0.15) is 0 Å². The van der Waals surface area contributed by atoms with Crippen molar-refractivity contribution in [2.45, 2.75) is 65.3 Å². The van der Waals surface area contributed by atoms with Crippen LogP contribution >= 0.6 is 0 Å². The Labute approximate surface area is 130 Å². The summed E-state index contributed by atoms with van der Waals surface area (Å²) in [5, 5.41) is 0. The summed E-state index contributed by atoms with van der Waals surface area (Å²) in [6.45, 7) is 11.4. The van der Waals surface area contributed by atoms with Crippen LogP contribution in [0.25, 0.3) is 0 Å². The molecule has 120 valence electrons. The van der Waals surface area contributed by atoms with Gasteiger partial charge in [0.1, 0.15) is 0 Å². The molecule has 0 bridgehead atoms. The number of hydrogen-bond donors (Lipinski definition) is 0. The van der Waals surface area contributed by atoms with Crippen molar-refractivity contribution >= 4 is 5.91 Å². The molecule has 0 radical (unpaired) electrons. The van der Waals surface area contributed by atoms with Gasteiger partial charge in [-0.05, 0) is 56.4 Å². The lowest BCUT2D eigenvalue weighted by molar-refractivity contribution is -0.139. The predicted octanol–water partition coefficient (Wildman–Crippen LogP) is 3.15. The fraction of sp³-hybridized carbons (Fsp3) is 0.944. The van der Waals surface area contributed by atoms with E-state index in [9.17, 15) is 4.79 Å². The topological polar surface area (TPSA) is 23.6 Å². The first-order chi connectivity index (χ1) is 9.95. The third-order valence-corrected chi connectivity index (χ3v) is 6.20. The largest absolute Gasteiger partial charge is 0.340 e. The molecule has 0 N–H and O–H groups in total. The average molecular weight is 292 g/mol. The first-order valence-corrected chi connectivity index (χ1v) is 8.98. The Hall–Kier alpha value is -0.570. The van der Waals surface area contributed by atoms with E-state index in [1.54, 1.807) is 0 Å². The Morgan fingerprint density at radius 1 is 0.952 bits per heavy atom. The zero-order chi connectivity index (χ0) is 15.0. The van der Waals surface area contributed by atoms with Crippen LogP contribution in [-0.2, 0) is 4.79 Å². The highest BCUT2D eigenvalue weighted by Crippen LogP contribution is 2.40. The van der Waals surface area contributed by atoms with E-state index in [4.69, 9.17) is 0 Å². The molecule has 0 aromatic rings. The number of piperazine rings is 1. The van der Waals surface area contributed by atoms with Gasteiger partial charge in [-0.25, -0.2) is 0 Å². The first-order valence-electron chi connectivity index (χ1n) is 8.98. The van der Waals surface area contributed by atoms with Gasteiger partial charge in [0.2, 0.25) is 5.91 Å². The van der Waals surface area contributed by atoms with Crippen LogP contribution < -0.4 is 0 Å². The van der Waals surface area contributed by atoms with E-state index in [1.807, 2.05) is 0 Å². The molecule has 3 fully saturated rings. The first kappa shape index (κ1) is 15.3. The standard InChI is InChI=1S/C18H32N2O/c1-18(2,3)15-8-6-14(7-9-15)17(21)20-12-11-19-10-4-5-16(19)13-20/h14-16H,4-13H2,1-3H3/t14?,15?,16-/m0/s1. The van der Waals surface area contributed by atoms with E-state index in [-0.39, 0.29) is 0 Å². The molecule has 2 aliphatic heterocycles. The number of nitrogens with zero attached hydrogens (tertiary/aromatic N) is 2. The number of carbonyl (C=O) groups is 1. The lowest BCUT2D eigenvalue weighted by Gasteiger charge is -2.41. The van der Waals surface area contributed by atoms with Gasteiger partial charge >= 0.3 is 0 Å². The van der Waals surface area contributed by atoms with Gasteiger partial charge in [0, 0.05) is 31.6 Å². The Bertz CT molecular complexity index is 379. The van der Waals surface area contributed by atoms with E-state index in [2.05, 4.69) is 30.6 Å². The van der Waals surface area contributed by atoms with Crippen molar-refractivity contribution in [3.63, 3.8) is 0 Å². The van der Waals surface area contributed by atoms with Crippen LogP contribution in [0.4, 0.5) is 0 Å². The molecular formula is C18H32N2O. The molecule has 3 aliphatic rings. The number of fused-ring (bicyclic) bond motifs is 1. The van der Waals surface area contributed by atoms with Crippen LogP contribution in [0.15, 0.2) is 0 Å².